The monoisotopic (exact) mass is 639 g/mol. The molecule has 43 heavy (non-hydrogen) atoms. The van der Waals surface area contributed by atoms with Crippen molar-refractivity contribution in [2.75, 3.05) is 12.5 Å². The van der Waals surface area contributed by atoms with Gasteiger partial charge in [-0.1, -0.05) is 37.5 Å². The molecule has 0 spiro atoms. The van der Waals surface area contributed by atoms with Gasteiger partial charge in [0.15, 0.2) is 5.90 Å². The molecule has 0 heterocycles. The first-order valence-electron chi connectivity index (χ1n) is 13.9. The van der Waals surface area contributed by atoms with Gasteiger partial charge < -0.3 is 40.3 Å². The maximum atomic E-state index is 13.2. The molecule has 3 rings (SSSR count). The lowest BCUT2D eigenvalue weighted by Gasteiger charge is -2.23. The van der Waals surface area contributed by atoms with E-state index in [1.54, 1.807) is 25.1 Å². The van der Waals surface area contributed by atoms with Crippen LogP contribution in [-0.4, -0.2) is 51.0 Å². The molecule has 3 atom stereocenters. The van der Waals surface area contributed by atoms with Gasteiger partial charge in [0.2, 0.25) is 11.8 Å². The van der Waals surface area contributed by atoms with Gasteiger partial charge in [-0.05, 0) is 61.1 Å². The molecule has 0 aliphatic heterocycles. The molecule has 1 fully saturated rings. The molecule has 1 unspecified atom stereocenters. The van der Waals surface area contributed by atoms with Crippen molar-refractivity contribution < 1.29 is 47.5 Å². The Balaban J connectivity index is 1.67. The van der Waals surface area contributed by atoms with E-state index in [4.69, 9.17) is 24.8 Å². The maximum absolute atomic E-state index is 13.2. The van der Waals surface area contributed by atoms with Crippen LogP contribution in [0.4, 0.5) is 0 Å². The summed E-state index contributed by atoms with van der Waals surface area (Å²) in [6.07, 6.45) is 5.79. The van der Waals surface area contributed by atoms with Crippen LogP contribution >= 0.6 is 15.2 Å². The summed E-state index contributed by atoms with van der Waals surface area (Å²) in [5.41, 5.74) is 7.01. The number of carbonyl (C=O) groups is 3. The zero-order valence-electron chi connectivity index (χ0n) is 24.1. The molecule has 1 aliphatic rings. The van der Waals surface area contributed by atoms with Gasteiger partial charge in [0.05, 0.1) is 18.2 Å². The van der Waals surface area contributed by atoms with E-state index in [9.17, 15) is 28.4 Å². The Hall–Kier alpha value is -3.21. The molecular formula is C28H39N3O10P2. The minimum absolute atomic E-state index is 0.0537. The Morgan fingerprint density at radius 1 is 1.00 bits per heavy atom. The zero-order valence-corrected chi connectivity index (χ0v) is 25.9. The summed E-state index contributed by atoms with van der Waals surface area (Å²) >= 11 is 0. The molecule has 13 nitrogen and oxygen atoms in total. The molecule has 7 N–H and O–H groups in total. The summed E-state index contributed by atoms with van der Waals surface area (Å²) in [7, 11) is -9.39. The van der Waals surface area contributed by atoms with Crippen LogP contribution in [-0.2, 0) is 25.1 Å². The number of primary amides is 1. The highest BCUT2D eigenvalue weighted by Crippen LogP contribution is 2.55. The highest BCUT2D eigenvalue weighted by molar-refractivity contribution is 7.70. The van der Waals surface area contributed by atoms with Crippen LogP contribution in [0.1, 0.15) is 73.5 Å². The lowest BCUT2D eigenvalue weighted by Crippen LogP contribution is -2.48. The standard InChI is InChI=1S/C28H39N3O10P2/c1-18(22-10-13-26(24(15-22)27(29)33)40-16-21-6-4-3-5-7-21)30-28(34)25(31-19(2)32)14-20-8-11-23(12-9-20)41-43(38,39)17-42(35,36)37/h8-13,15,18,21,25H,3-7,14,16-17H2,1-2H3,(H2,29,33)(H,30,34)(H,31,32)(H,38,39)(H2,35,36,37)/t18-,25-/m0/s1. The number of amides is 3. The number of hydrogen-bond donors (Lipinski definition) is 6. The number of rotatable bonds is 14. The summed E-state index contributed by atoms with van der Waals surface area (Å²) in [4.78, 5) is 64.9. The van der Waals surface area contributed by atoms with E-state index in [2.05, 4.69) is 10.6 Å². The fourth-order valence-electron chi connectivity index (χ4n) is 4.90. The first-order chi connectivity index (χ1) is 20.1. The lowest BCUT2D eigenvalue weighted by atomic mass is 9.90. The third-order valence-electron chi connectivity index (χ3n) is 7.00. The van der Waals surface area contributed by atoms with E-state index in [-0.39, 0.29) is 17.7 Å². The van der Waals surface area contributed by atoms with Gasteiger partial charge in [-0.15, -0.1) is 0 Å². The quantitative estimate of drug-likeness (QED) is 0.166. The molecule has 2 aromatic rings. The van der Waals surface area contributed by atoms with Crippen molar-refractivity contribution in [2.45, 2.75) is 64.5 Å². The van der Waals surface area contributed by atoms with Gasteiger partial charge in [0.25, 0.3) is 5.91 Å². The summed E-state index contributed by atoms with van der Waals surface area (Å²) in [6, 6.07) is 9.05. The second-order valence-electron chi connectivity index (χ2n) is 10.8. The van der Waals surface area contributed by atoms with E-state index < -0.39 is 50.9 Å². The van der Waals surface area contributed by atoms with E-state index in [0.29, 0.717) is 29.4 Å². The van der Waals surface area contributed by atoms with Crippen molar-refractivity contribution in [3.8, 4) is 11.5 Å². The Kier molecular flexibility index (Phi) is 12.0. The zero-order chi connectivity index (χ0) is 31.8. The van der Waals surface area contributed by atoms with Gasteiger partial charge in [-0.2, -0.15) is 0 Å². The van der Waals surface area contributed by atoms with Crippen molar-refractivity contribution in [3.05, 3.63) is 59.2 Å². The van der Waals surface area contributed by atoms with E-state index >= 15 is 0 Å². The molecule has 0 radical (unpaired) electrons. The molecule has 2 aromatic carbocycles. The van der Waals surface area contributed by atoms with Crippen molar-refractivity contribution in [3.63, 3.8) is 0 Å². The number of nitrogens with one attached hydrogen (secondary N) is 2. The Bertz CT molecular complexity index is 1390. The highest BCUT2D eigenvalue weighted by Gasteiger charge is 2.32. The second kappa shape index (κ2) is 15.0. The van der Waals surface area contributed by atoms with Crippen LogP contribution in [0.15, 0.2) is 42.5 Å². The molecule has 3 amide bonds. The Morgan fingerprint density at radius 3 is 2.23 bits per heavy atom. The summed E-state index contributed by atoms with van der Waals surface area (Å²) < 4.78 is 33.8. The average Bonchev–Trinajstić information content (AvgIpc) is 2.91. The molecule has 1 saturated carbocycles. The number of carbonyl (C=O) groups excluding carboxylic acids is 3. The van der Waals surface area contributed by atoms with E-state index in [0.717, 1.165) is 12.8 Å². The van der Waals surface area contributed by atoms with Crippen LogP contribution in [0, 0.1) is 5.92 Å². The summed E-state index contributed by atoms with van der Waals surface area (Å²) in [5, 5.41) is 5.44. The van der Waals surface area contributed by atoms with Crippen molar-refractivity contribution in [1.82, 2.24) is 10.6 Å². The fraction of sp³-hybridized carbons (Fsp3) is 0.464. The molecule has 0 bridgehead atoms. The van der Waals surface area contributed by atoms with Crippen molar-refractivity contribution in [2.24, 2.45) is 11.7 Å². The fourth-order valence-corrected chi connectivity index (χ4v) is 7.44. The van der Waals surface area contributed by atoms with E-state index in [1.807, 2.05) is 0 Å². The minimum atomic E-state index is -4.78. The number of nitrogens with two attached hydrogens (primary N) is 1. The Labute approximate surface area is 250 Å². The average molecular weight is 640 g/mol. The smallest absolute Gasteiger partial charge is 0.388 e. The van der Waals surface area contributed by atoms with Gasteiger partial charge in [-0.25, -0.2) is 4.57 Å². The van der Waals surface area contributed by atoms with Gasteiger partial charge >= 0.3 is 15.2 Å². The lowest BCUT2D eigenvalue weighted by molar-refractivity contribution is -0.128. The normalized spacial score (nSPS) is 16.8. The first-order valence-corrected chi connectivity index (χ1v) is 17.5. The van der Waals surface area contributed by atoms with Crippen molar-refractivity contribution in [1.29, 1.82) is 0 Å². The van der Waals surface area contributed by atoms with Gasteiger partial charge in [0.1, 0.15) is 17.5 Å². The molecule has 0 saturated heterocycles. The predicted octanol–water partition coefficient (Wildman–Crippen LogP) is 3.37. The Morgan fingerprint density at radius 2 is 1.65 bits per heavy atom. The molecule has 0 aromatic heterocycles. The third-order valence-corrected chi connectivity index (χ3v) is 10.4. The third kappa shape index (κ3) is 11.4. The number of benzene rings is 2. The number of hydrogen-bond acceptors (Lipinski definition) is 7. The largest absolute Gasteiger partial charge is 0.492 e. The van der Waals surface area contributed by atoms with Gasteiger partial charge in [-0.3, -0.25) is 18.9 Å². The molecule has 15 heteroatoms. The van der Waals surface area contributed by atoms with Gasteiger partial charge in [0, 0.05) is 13.3 Å². The molecule has 1 aliphatic carbocycles. The predicted molar refractivity (Wildman–Crippen MR) is 159 cm³/mol. The minimum Gasteiger partial charge on any atom is -0.492 e. The van der Waals surface area contributed by atoms with Crippen LogP contribution in [0.3, 0.4) is 0 Å². The van der Waals surface area contributed by atoms with E-state index in [1.165, 1.54) is 50.5 Å². The summed E-state index contributed by atoms with van der Waals surface area (Å²) in [5.74, 6) is -2.20. The molecule has 236 valence electrons. The van der Waals surface area contributed by atoms with Crippen molar-refractivity contribution >= 4 is 32.9 Å². The molecular weight excluding hydrogens is 600 g/mol. The number of ether oxygens (including phenoxy) is 1. The first kappa shape index (κ1) is 34.3. The van der Waals surface area contributed by atoms with Crippen LogP contribution < -0.4 is 25.6 Å². The maximum Gasteiger partial charge on any atom is 0.388 e. The van der Waals surface area contributed by atoms with Crippen LogP contribution in [0.5, 0.6) is 11.5 Å². The second-order valence-corrected chi connectivity index (χ2v) is 14.7. The summed E-state index contributed by atoms with van der Waals surface area (Å²) in [6.45, 7) is 3.50. The topological polar surface area (TPSA) is 215 Å². The highest BCUT2D eigenvalue weighted by atomic mass is 31.2. The van der Waals surface area contributed by atoms with Crippen LogP contribution in [0.2, 0.25) is 0 Å². The van der Waals surface area contributed by atoms with Crippen LogP contribution in [0.25, 0.3) is 0 Å². The SMILES string of the molecule is CC(=O)N[C@@H](Cc1ccc(OP(=O)(O)CP(=O)(O)O)cc1)C(=O)N[C@@H](C)c1ccc(OCC2CCCCC2)c(C(N)=O)c1.